The van der Waals surface area contributed by atoms with E-state index >= 15 is 4.39 Å². The van der Waals surface area contributed by atoms with E-state index in [1.165, 1.54) is 17.0 Å². The largest absolute Gasteiger partial charge is 0.486 e. The van der Waals surface area contributed by atoms with Crippen LogP contribution in [0.2, 0.25) is 0 Å². The molecular formula is C30H30F4N4O5. The minimum Gasteiger partial charge on any atom is -0.486 e. The molecule has 43 heavy (non-hydrogen) atoms. The quantitative estimate of drug-likeness (QED) is 0.195. The number of hydroxylamine groups is 1. The second-order valence-electron chi connectivity index (χ2n) is 11.0. The highest BCUT2D eigenvalue weighted by atomic mass is 19.4. The van der Waals surface area contributed by atoms with Crippen molar-refractivity contribution in [3.8, 4) is 5.75 Å². The minimum atomic E-state index is -5.05. The number of ether oxygens (including phenoxy) is 1. The summed E-state index contributed by atoms with van der Waals surface area (Å²) in [6.45, 7) is 1.98. The molecule has 3 amide bonds. The maximum Gasteiger partial charge on any atom is 0.471 e. The summed E-state index contributed by atoms with van der Waals surface area (Å²) in [7, 11) is 0. The van der Waals surface area contributed by atoms with Gasteiger partial charge in [-0.3, -0.25) is 24.6 Å². The van der Waals surface area contributed by atoms with E-state index in [1.807, 2.05) is 42.6 Å². The van der Waals surface area contributed by atoms with E-state index in [9.17, 15) is 32.8 Å². The Kier molecular flexibility index (Phi) is 8.28. The molecule has 2 aromatic carbocycles. The minimum absolute atomic E-state index is 0.00805. The number of aryl methyl sites for hydroxylation is 1. The third kappa shape index (κ3) is 6.26. The van der Waals surface area contributed by atoms with Crippen molar-refractivity contribution in [2.45, 2.75) is 51.4 Å². The molecule has 0 radical (unpaired) electrons. The fourth-order valence-corrected chi connectivity index (χ4v) is 5.78. The topological polar surface area (TPSA) is 121 Å². The van der Waals surface area contributed by atoms with Crippen molar-refractivity contribution in [1.82, 2.24) is 20.7 Å². The molecule has 0 spiro atoms. The van der Waals surface area contributed by atoms with Crippen LogP contribution < -0.4 is 15.5 Å². The van der Waals surface area contributed by atoms with E-state index in [0.29, 0.717) is 5.56 Å². The standard InChI is InChI=1S/C30H30F4N4O5/c1-2-19-12-18(21-5-3-4-6-24(21)35-19)16-43-25-8-7-17(11-23(25)31)13-29(14-22(29)26(39)37-42)28(41)38-10-9-20(15-38)36-27(40)30(32,33)34/h3-8,11-12,20,22,42H,2,9-10,13-16H2,1H3,(H,36,40)(H,37,39)/t20-,22-,29+/m1/s1. The first kappa shape index (κ1) is 30.2. The summed E-state index contributed by atoms with van der Waals surface area (Å²) in [6, 6.07) is 12.8. The van der Waals surface area contributed by atoms with Gasteiger partial charge in [0.2, 0.25) is 11.8 Å². The first-order chi connectivity index (χ1) is 20.4. The fourth-order valence-electron chi connectivity index (χ4n) is 5.78. The predicted octanol–water partition coefficient (Wildman–Crippen LogP) is 3.85. The van der Waals surface area contributed by atoms with Gasteiger partial charge in [-0.2, -0.15) is 13.2 Å². The van der Waals surface area contributed by atoms with Gasteiger partial charge in [0, 0.05) is 35.8 Å². The summed E-state index contributed by atoms with van der Waals surface area (Å²) in [6.07, 6.45) is -4.22. The Hall–Kier alpha value is -4.26. The van der Waals surface area contributed by atoms with E-state index in [0.717, 1.165) is 28.6 Å². The number of nitrogens with zero attached hydrogens (tertiary/aromatic N) is 2. The lowest BCUT2D eigenvalue weighted by atomic mass is 9.91. The molecular weight excluding hydrogens is 572 g/mol. The van der Waals surface area contributed by atoms with Crippen molar-refractivity contribution < 1.29 is 41.9 Å². The Bertz CT molecular complexity index is 1570. The maximum atomic E-state index is 15.2. The first-order valence-corrected chi connectivity index (χ1v) is 13.8. The van der Waals surface area contributed by atoms with Gasteiger partial charge in [-0.1, -0.05) is 31.2 Å². The van der Waals surface area contributed by atoms with Crippen LogP contribution in [-0.2, 0) is 33.8 Å². The molecule has 3 N–H and O–H groups in total. The average Bonchev–Trinajstić information content (AvgIpc) is 3.52. The van der Waals surface area contributed by atoms with Crippen molar-refractivity contribution in [1.29, 1.82) is 0 Å². The molecule has 13 heteroatoms. The predicted molar refractivity (Wildman–Crippen MR) is 145 cm³/mol. The third-order valence-electron chi connectivity index (χ3n) is 8.11. The van der Waals surface area contributed by atoms with Crippen LogP contribution in [0.4, 0.5) is 17.6 Å². The number of aromatic nitrogens is 1. The van der Waals surface area contributed by atoms with Gasteiger partial charge in [0.25, 0.3) is 0 Å². The number of hydrogen-bond acceptors (Lipinski definition) is 6. The average molecular weight is 603 g/mol. The zero-order valence-electron chi connectivity index (χ0n) is 23.2. The Morgan fingerprint density at radius 3 is 2.63 bits per heavy atom. The number of nitrogens with one attached hydrogen (secondary N) is 2. The molecule has 0 unspecified atom stereocenters. The Labute approximate surface area is 244 Å². The summed E-state index contributed by atoms with van der Waals surface area (Å²) in [5, 5.41) is 12.0. The van der Waals surface area contributed by atoms with Gasteiger partial charge in [-0.05, 0) is 55.5 Å². The highest BCUT2D eigenvalue weighted by molar-refractivity contribution is 5.96. The number of carbonyl (C=O) groups is 3. The third-order valence-corrected chi connectivity index (χ3v) is 8.11. The number of rotatable bonds is 9. The van der Waals surface area contributed by atoms with Gasteiger partial charge in [-0.25, -0.2) is 9.87 Å². The first-order valence-electron chi connectivity index (χ1n) is 13.8. The van der Waals surface area contributed by atoms with Crippen LogP contribution in [0.1, 0.15) is 36.6 Å². The van der Waals surface area contributed by atoms with E-state index in [2.05, 4.69) is 4.98 Å². The molecule has 3 atom stereocenters. The summed E-state index contributed by atoms with van der Waals surface area (Å²) in [4.78, 5) is 43.1. The number of pyridine rings is 1. The van der Waals surface area contributed by atoms with Crippen LogP contribution in [0.3, 0.4) is 0 Å². The van der Waals surface area contributed by atoms with Crippen LogP contribution in [0.15, 0.2) is 48.5 Å². The number of hydrogen-bond donors (Lipinski definition) is 3. The number of alkyl halides is 3. The number of benzene rings is 2. The molecule has 2 aliphatic rings. The van der Waals surface area contributed by atoms with Crippen LogP contribution in [-0.4, -0.2) is 58.1 Å². The summed E-state index contributed by atoms with van der Waals surface area (Å²) < 4.78 is 59.0. The molecule has 228 valence electrons. The highest BCUT2D eigenvalue weighted by Gasteiger charge is 2.64. The Morgan fingerprint density at radius 2 is 1.93 bits per heavy atom. The number of halogens is 4. The molecule has 1 aliphatic heterocycles. The van der Waals surface area contributed by atoms with E-state index < -0.39 is 47.1 Å². The fraction of sp³-hybridized carbons (Fsp3) is 0.400. The molecule has 1 aromatic heterocycles. The van der Waals surface area contributed by atoms with Crippen LogP contribution in [0, 0.1) is 17.2 Å². The van der Waals surface area contributed by atoms with Crippen molar-refractivity contribution in [2.75, 3.05) is 13.1 Å². The van der Waals surface area contributed by atoms with Gasteiger partial charge in [0.15, 0.2) is 11.6 Å². The molecule has 1 saturated carbocycles. The second-order valence-corrected chi connectivity index (χ2v) is 11.0. The van der Waals surface area contributed by atoms with Gasteiger partial charge in [0.05, 0.1) is 16.8 Å². The maximum absolute atomic E-state index is 15.2. The molecule has 2 heterocycles. The smallest absolute Gasteiger partial charge is 0.471 e. The number of carbonyl (C=O) groups excluding carboxylic acids is 3. The molecule has 2 fully saturated rings. The van der Waals surface area contributed by atoms with E-state index in [-0.39, 0.29) is 44.7 Å². The highest BCUT2D eigenvalue weighted by Crippen LogP contribution is 2.56. The SMILES string of the molecule is CCc1cc(COc2ccc(C[C@]3(C(=O)N4CC[C@@H](NC(=O)C(F)(F)F)C4)C[C@@H]3C(=O)NO)cc2F)c2ccccc2n1. The lowest BCUT2D eigenvalue weighted by molar-refractivity contribution is -0.174. The summed E-state index contributed by atoms with van der Waals surface area (Å²) >= 11 is 0. The molecule has 9 nitrogen and oxygen atoms in total. The molecule has 3 aromatic rings. The van der Waals surface area contributed by atoms with Crippen LogP contribution in [0.25, 0.3) is 10.9 Å². The lowest BCUT2D eigenvalue weighted by Gasteiger charge is -2.25. The van der Waals surface area contributed by atoms with Crippen LogP contribution >= 0.6 is 0 Å². The number of para-hydroxylation sites is 1. The Morgan fingerprint density at radius 1 is 1.16 bits per heavy atom. The zero-order valence-corrected chi connectivity index (χ0v) is 23.2. The number of amides is 3. The summed E-state index contributed by atoms with van der Waals surface area (Å²) in [5.41, 5.74) is 3.16. The molecule has 0 bridgehead atoms. The normalized spacial score (nSPS) is 21.5. The monoisotopic (exact) mass is 602 g/mol. The van der Waals surface area contributed by atoms with Crippen molar-refractivity contribution >= 4 is 28.6 Å². The van der Waals surface area contributed by atoms with E-state index in [4.69, 9.17) is 4.74 Å². The van der Waals surface area contributed by atoms with Crippen molar-refractivity contribution in [2.24, 2.45) is 11.3 Å². The van der Waals surface area contributed by atoms with Crippen LogP contribution in [0.5, 0.6) is 5.75 Å². The molecule has 1 saturated heterocycles. The van der Waals surface area contributed by atoms with Gasteiger partial charge >= 0.3 is 12.1 Å². The van der Waals surface area contributed by atoms with Gasteiger partial charge in [0.1, 0.15) is 6.61 Å². The van der Waals surface area contributed by atoms with E-state index in [1.54, 1.807) is 11.5 Å². The van der Waals surface area contributed by atoms with Gasteiger partial charge < -0.3 is 15.0 Å². The van der Waals surface area contributed by atoms with Crippen molar-refractivity contribution in [3.63, 3.8) is 0 Å². The van der Waals surface area contributed by atoms with Crippen molar-refractivity contribution in [3.05, 3.63) is 71.2 Å². The number of fused-ring (bicyclic) bond motifs is 1. The number of likely N-dealkylation sites (tertiary alicyclic amines) is 1. The lowest BCUT2D eigenvalue weighted by Crippen LogP contribution is -2.46. The van der Waals surface area contributed by atoms with Gasteiger partial charge in [-0.15, -0.1) is 0 Å². The molecule has 1 aliphatic carbocycles. The molecule has 5 rings (SSSR count). The zero-order chi connectivity index (χ0) is 30.9. The second kappa shape index (κ2) is 11.8. The summed E-state index contributed by atoms with van der Waals surface area (Å²) in [5.74, 6) is -4.99. The Balaban J connectivity index is 1.30.